The fourth-order valence-corrected chi connectivity index (χ4v) is 3.14. The molecular formula is C14H27NO. The highest BCUT2D eigenvalue weighted by Crippen LogP contribution is 2.32. The fourth-order valence-electron chi connectivity index (χ4n) is 3.14. The quantitative estimate of drug-likeness (QED) is 0.778. The minimum absolute atomic E-state index is 0.111. The van der Waals surface area contributed by atoms with Crippen LogP contribution in [0.4, 0.5) is 0 Å². The Morgan fingerprint density at radius 2 is 2.06 bits per heavy atom. The molecule has 0 saturated carbocycles. The van der Waals surface area contributed by atoms with E-state index in [-0.39, 0.29) is 6.04 Å². The maximum atomic E-state index is 11.7. The highest BCUT2D eigenvalue weighted by Gasteiger charge is 2.34. The Morgan fingerprint density at radius 3 is 2.56 bits per heavy atom. The second kappa shape index (κ2) is 6.39. The van der Waals surface area contributed by atoms with Gasteiger partial charge >= 0.3 is 0 Å². The highest BCUT2D eigenvalue weighted by atomic mass is 16.1. The van der Waals surface area contributed by atoms with Crippen molar-refractivity contribution in [2.24, 2.45) is 11.8 Å². The van der Waals surface area contributed by atoms with Crippen LogP contribution in [0.2, 0.25) is 0 Å². The number of carbonyl (C=O) groups is 1. The van der Waals surface area contributed by atoms with Crippen molar-refractivity contribution >= 4 is 5.78 Å². The Bertz CT molecular complexity index is 227. The van der Waals surface area contributed by atoms with E-state index in [1.54, 1.807) is 6.92 Å². The monoisotopic (exact) mass is 225 g/mol. The number of rotatable bonds is 5. The van der Waals surface area contributed by atoms with Gasteiger partial charge in [0.05, 0.1) is 6.04 Å². The molecule has 1 fully saturated rings. The van der Waals surface area contributed by atoms with E-state index in [4.69, 9.17) is 0 Å². The van der Waals surface area contributed by atoms with Crippen LogP contribution in [-0.2, 0) is 4.79 Å². The molecule has 1 aliphatic heterocycles. The summed E-state index contributed by atoms with van der Waals surface area (Å²) in [5.74, 6) is 1.61. The van der Waals surface area contributed by atoms with Crippen molar-refractivity contribution in [3.63, 3.8) is 0 Å². The number of nitrogens with one attached hydrogen (secondary N) is 1. The Balaban J connectivity index is 2.70. The van der Waals surface area contributed by atoms with Crippen LogP contribution in [0.15, 0.2) is 0 Å². The summed E-state index contributed by atoms with van der Waals surface area (Å²) in [6, 6.07) is 0.615. The van der Waals surface area contributed by atoms with Crippen LogP contribution in [-0.4, -0.2) is 17.9 Å². The van der Waals surface area contributed by atoms with Gasteiger partial charge in [-0.1, -0.05) is 33.1 Å². The zero-order chi connectivity index (χ0) is 12.1. The third-order valence-electron chi connectivity index (χ3n) is 4.05. The van der Waals surface area contributed by atoms with Gasteiger partial charge in [0.2, 0.25) is 0 Å². The molecule has 3 unspecified atom stereocenters. The first kappa shape index (κ1) is 13.7. The van der Waals surface area contributed by atoms with Gasteiger partial charge in [-0.15, -0.1) is 0 Å². The van der Waals surface area contributed by atoms with Crippen LogP contribution in [0, 0.1) is 11.8 Å². The topological polar surface area (TPSA) is 29.1 Å². The molecule has 0 amide bonds. The smallest absolute Gasteiger partial charge is 0.146 e. The summed E-state index contributed by atoms with van der Waals surface area (Å²) >= 11 is 0. The van der Waals surface area contributed by atoms with E-state index >= 15 is 0 Å². The molecule has 0 aromatic heterocycles. The van der Waals surface area contributed by atoms with Crippen LogP contribution in [0.5, 0.6) is 0 Å². The summed E-state index contributed by atoms with van der Waals surface area (Å²) in [5.41, 5.74) is 0. The third kappa shape index (κ3) is 3.31. The van der Waals surface area contributed by atoms with Gasteiger partial charge in [-0.2, -0.15) is 0 Å². The average Bonchev–Trinajstić information content (AvgIpc) is 2.26. The van der Waals surface area contributed by atoms with Crippen molar-refractivity contribution in [1.82, 2.24) is 5.32 Å². The number of piperidine rings is 1. The van der Waals surface area contributed by atoms with Crippen molar-refractivity contribution in [2.75, 3.05) is 0 Å². The summed E-state index contributed by atoms with van der Waals surface area (Å²) in [6.07, 6.45) is 6.14. The largest absolute Gasteiger partial charge is 0.305 e. The second-order valence-electron chi connectivity index (χ2n) is 5.35. The first-order valence-corrected chi connectivity index (χ1v) is 6.86. The van der Waals surface area contributed by atoms with Crippen LogP contribution >= 0.6 is 0 Å². The van der Waals surface area contributed by atoms with E-state index in [1.165, 1.54) is 32.1 Å². The maximum Gasteiger partial charge on any atom is 0.146 e. The fraction of sp³-hybridized carbons (Fsp3) is 0.929. The molecule has 2 nitrogen and oxygen atoms in total. The van der Waals surface area contributed by atoms with Crippen molar-refractivity contribution in [3.05, 3.63) is 0 Å². The van der Waals surface area contributed by atoms with E-state index < -0.39 is 0 Å². The van der Waals surface area contributed by atoms with E-state index in [1.807, 2.05) is 0 Å². The SMILES string of the molecule is CCC[C@@H](CC)C1CCC(C)NC1C(C)=O. The second-order valence-corrected chi connectivity index (χ2v) is 5.35. The van der Waals surface area contributed by atoms with Crippen LogP contribution in [0.1, 0.15) is 59.8 Å². The van der Waals surface area contributed by atoms with Gasteiger partial charge in [0.1, 0.15) is 5.78 Å². The minimum Gasteiger partial charge on any atom is -0.305 e. The molecule has 1 aliphatic rings. The van der Waals surface area contributed by atoms with Gasteiger partial charge in [0.15, 0.2) is 0 Å². The van der Waals surface area contributed by atoms with Crippen molar-refractivity contribution in [1.29, 1.82) is 0 Å². The first-order chi connectivity index (χ1) is 7.60. The van der Waals surface area contributed by atoms with Gasteiger partial charge in [0.25, 0.3) is 0 Å². The molecule has 4 atom stereocenters. The Hall–Kier alpha value is -0.370. The number of hydrogen-bond acceptors (Lipinski definition) is 2. The number of Topliss-reactive ketones (excluding diaryl/α,β-unsaturated/α-hetero) is 1. The summed E-state index contributed by atoms with van der Waals surface area (Å²) in [7, 11) is 0. The normalized spacial score (nSPS) is 32.4. The Morgan fingerprint density at radius 1 is 1.38 bits per heavy atom. The van der Waals surface area contributed by atoms with Crippen LogP contribution < -0.4 is 5.32 Å². The predicted molar refractivity (Wildman–Crippen MR) is 68.5 cm³/mol. The third-order valence-corrected chi connectivity index (χ3v) is 4.05. The van der Waals surface area contributed by atoms with E-state index in [0.717, 1.165) is 5.92 Å². The van der Waals surface area contributed by atoms with E-state index in [9.17, 15) is 4.79 Å². The first-order valence-electron chi connectivity index (χ1n) is 6.86. The van der Waals surface area contributed by atoms with Crippen molar-refractivity contribution in [3.8, 4) is 0 Å². The molecule has 1 N–H and O–H groups in total. The molecule has 0 bridgehead atoms. The molecule has 1 saturated heterocycles. The Kier molecular flexibility index (Phi) is 5.47. The molecule has 0 aromatic carbocycles. The molecule has 94 valence electrons. The van der Waals surface area contributed by atoms with Crippen LogP contribution in [0.25, 0.3) is 0 Å². The van der Waals surface area contributed by atoms with E-state index in [0.29, 0.717) is 17.7 Å². The summed E-state index contributed by atoms with van der Waals surface area (Å²) in [5, 5.41) is 3.49. The molecule has 16 heavy (non-hydrogen) atoms. The van der Waals surface area contributed by atoms with Gasteiger partial charge in [0, 0.05) is 6.04 Å². The number of hydrogen-bond donors (Lipinski definition) is 1. The summed E-state index contributed by atoms with van der Waals surface area (Å²) in [6.45, 7) is 8.42. The van der Waals surface area contributed by atoms with Gasteiger partial charge in [-0.05, 0) is 38.5 Å². The van der Waals surface area contributed by atoms with Gasteiger partial charge in [-0.25, -0.2) is 0 Å². The minimum atomic E-state index is 0.111. The number of ketones is 1. The summed E-state index contributed by atoms with van der Waals surface area (Å²) < 4.78 is 0. The lowest BCUT2D eigenvalue weighted by Gasteiger charge is -2.39. The van der Waals surface area contributed by atoms with Gasteiger partial charge < -0.3 is 5.32 Å². The van der Waals surface area contributed by atoms with Gasteiger partial charge in [-0.3, -0.25) is 4.79 Å². The molecule has 1 rings (SSSR count). The predicted octanol–water partition coefficient (Wildman–Crippen LogP) is 3.16. The van der Waals surface area contributed by atoms with E-state index in [2.05, 4.69) is 26.1 Å². The molecule has 1 heterocycles. The molecule has 0 aliphatic carbocycles. The van der Waals surface area contributed by atoms with Crippen molar-refractivity contribution in [2.45, 2.75) is 71.9 Å². The zero-order valence-electron chi connectivity index (χ0n) is 11.3. The zero-order valence-corrected chi connectivity index (χ0v) is 11.3. The standard InChI is InChI=1S/C14H27NO/c1-5-7-12(6-2)13-9-8-10(3)15-14(13)11(4)16/h10,12-15H,5-9H2,1-4H3/t10?,12-,13?,14?/m1/s1. The molecule has 0 spiro atoms. The summed E-state index contributed by atoms with van der Waals surface area (Å²) in [4.78, 5) is 11.7. The molecule has 0 radical (unpaired) electrons. The van der Waals surface area contributed by atoms with Crippen molar-refractivity contribution < 1.29 is 4.79 Å². The molecular weight excluding hydrogens is 198 g/mol. The molecule has 0 aromatic rings. The Labute approximate surface area is 100 Å². The van der Waals surface area contributed by atoms with Crippen LogP contribution in [0.3, 0.4) is 0 Å². The lowest BCUT2D eigenvalue weighted by molar-refractivity contribution is -0.122. The highest BCUT2D eigenvalue weighted by molar-refractivity contribution is 5.82. The lowest BCUT2D eigenvalue weighted by Crippen LogP contribution is -2.52. The lowest BCUT2D eigenvalue weighted by atomic mass is 9.74. The average molecular weight is 225 g/mol. The maximum absolute atomic E-state index is 11.7. The molecule has 2 heteroatoms. The number of carbonyl (C=O) groups excluding carboxylic acids is 1.